The molecule has 3 rings (SSSR count). The molecule has 1 aliphatic carbocycles. The molecule has 0 aromatic heterocycles. The number of aliphatic carboxylic acids is 1. The van der Waals surface area contributed by atoms with Crippen molar-refractivity contribution in [2.45, 2.75) is 5.92 Å². The van der Waals surface area contributed by atoms with Crippen LogP contribution in [-0.4, -0.2) is 60.2 Å². The van der Waals surface area contributed by atoms with Crippen molar-refractivity contribution in [1.29, 1.82) is 0 Å². The van der Waals surface area contributed by atoms with E-state index in [9.17, 15) is 14.7 Å². The second kappa shape index (κ2) is 9.22. The molecule has 0 saturated carbocycles. The highest BCUT2D eigenvalue weighted by Gasteiger charge is 2.32. The zero-order valence-corrected chi connectivity index (χ0v) is 16.8. The van der Waals surface area contributed by atoms with Crippen molar-refractivity contribution in [3.05, 3.63) is 75.8 Å². The predicted octanol–water partition coefficient (Wildman–Crippen LogP) is 3.02. The van der Waals surface area contributed by atoms with Crippen LogP contribution in [0.5, 0.6) is 0 Å². The minimum atomic E-state index is -1.24. The Morgan fingerprint density at radius 2 is 1.93 bits per heavy atom. The van der Waals surface area contributed by atoms with Gasteiger partial charge in [-0.3, -0.25) is 4.79 Å². The molecule has 1 atom stereocenters. The van der Waals surface area contributed by atoms with Crippen molar-refractivity contribution < 1.29 is 19.8 Å². The van der Waals surface area contributed by atoms with E-state index < -0.39 is 11.8 Å². The van der Waals surface area contributed by atoms with Gasteiger partial charge in [-0.2, -0.15) is 0 Å². The van der Waals surface area contributed by atoms with Gasteiger partial charge in [0, 0.05) is 31.1 Å². The maximum atomic E-state index is 12.8. The first-order chi connectivity index (χ1) is 13.9. The van der Waals surface area contributed by atoms with Gasteiger partial charge in [0.05, 0.1) is 17.3 Å². The van der Waals surface area contributed by atoms with Gasteiger partial charge in [0.15, 0.2) is 5.78 Å². The molecule has 2 aromatic carbocycles. The first-order valence-electron chi connectivity index (χ1n) is 9.34. The third-order valence-corrected chi connectivity index (χ3v) is 5.29. The minimum absolute atomic E-state index is 0.0791. The number of anilines is 1. The summed E-state index contributed by atoms with van der Waals surface area (Å²) in [6.45, 7) is 1.88. The number of aliphatic hydroxyl groups excluding tert-OH is 1. The largest absolute Gasteiger partial charge is 0.478 e. The molecule has 0 spiro atoms. The Morgan fingerprint density at radius 3 is 2.59 bits per heavy atom. The highest BCUT2D eigenvalue weighted by atomic mass is 35.5. The van der Waals surface area contributed by atoms with Crippen LogP contribution in [0, 0.1) is 0 Å². The van der Waals surface area contributed by atoms with Gasteiger partial charge >= 0.3 is 5.97 Å². The number of carbonyl (C=O) groups excluding carboxylic acids is 1. The smallest absolute Gasteiger partial charge is 0.339 e. The summed E-state index contributed by atoms with van der Waals surface area (Å²) in [6.07, 6.45) is 1.50. The van der Waals surface area contributed by atoms with E-state index in [4.69, 9.17) is 16.7 Å². The van der Waals surface area contributed by atoms with Crippen molar-refractivity contribution in [2.24, 2.45) is 0 Å². The number of likely N-dealkylation sites (N-methyl/N-ethyl adjacent to an activating group) is 1. The van der Waals surface area contributed by atoms with Gasteiger partial charge in [0.1, 0.15) is 5.57 Å². The van der Waals surface area contributed by atoms with Crippen molar-refractivity contribution in [2.75, 3.05) is 38.6 Å². The highest BCUT2D eigenvalue weighted by molar-refractivity contribution is 6.34. The fourth-order valence-electron chi connectivity index (χ4n) is 3.42. The van der Waals surface area contributed by atoms with Crippen LogP contribution in [0.15, 0.2) is 54.1 Å². The molecule has 1 unspecified atom stereocenters. The second-order valence-electron chi connectivity index (χ2n) is 6.98. The van der Waals surface area contributed by atoms with Crippen LogP contribution < -0.4 is 5.32 Å². The molecule has 152 valence electrons. The maximum absolute atomic E-state index is 12.8. The third kappa shape index (κ3) is 4.67. The molecule has 2 aromatic rings. The van der Waals surface area contributed by atoms with Crippen molar-refractivity contribution in [1.82, 2.24) is 4.90 Å². The summed E-state index contributed by atoms with van der Waals surface area (Å²) in [5.74, 6) is -2.12. The van der Waals surface area contributed by atoms with Gasteiger partial charge in [0.25, 0.3) is 0 Å². The average Bonchev–Trinajstić information content (AvgIpc) is 2.69. The molecule has 29 heavy (non-hydrogen) atoms. The van der Waals surface area contributed by atoms with Crippen LogP contribution >= 0.6 is 11.6 Å². The first-order valence-corrected chi connectivity index (χ1v) is 9.71. The average molecular weight is 415 g/mol. The predicted molar refractivity (Wildman–Crippen MR) is 113 cm³/mol. The van der Waals surface area contributed by atoms with Gasteiger partial charge in [-0.05, 0) is 30.3 Å². The van der Waals surface area contributed by atoms with E-state index in [0.29, 0.717) is 41.5 Å². The van der Waals surface area contributed by atoms with Gasteiger partial charge in [-0.15, -0.1) is 0 Å². The maximum Gasteiger partial charge on any atom is 0.339 e. The molecule has 7 heteroatoms. The van der Waals surface area contributed by atoms with E-state index in [1.54, 1.807) is 12.1 Å². The fraction of sp³-hybridized carbons (Fsp3) is 0.273. The number of allylic oxidation sites excluding steroid dienone is 1. The molecule has 0 heterocycles. The molecule has 0 saturated heterocycles. The second-order valence-corrected chi connectivity index (χ2v) is 7.38. The number of fused-ring (bicyclic) bond motifs is 1. The van der Waals surface area contributed by atoms with Gasteiger partial charge in [-0.1, -0.05) is 48.0 Å². The molecular formula is C22H23ClN2O4. The summed E-state index contributed by atoms with van der Waals surface area (Å²) in [5, 5.41) is 22.2. The van der Waals surface area contributed by atoms with Crippen LogP contribution in [0.4, 0.5) is 5.69 Å². The number of hydrogen-bond donors (Lipinski definition) is 3. The van der Waals surface area contributed by atoms with Crippen LogP contribution in [0.1, 0.15) is 27.4 Å². The SMILES string of the molecule is CN(CCO)CCNc1cc2c(cc1Cl)C(c1ccccc1)C=C(C(=O)O)C2=O. The van der Waals surface area contributed by atoms with Crippen LogP contribution in [0.25, 0.3) is 0 Å². The van der Waals surface area contributed by atoms with Gasteiger partial charge < -0.3 is 20.4 Å². The summed E-state index contributed by atoms with van der Waals surface area (Å²) < 4.78 is 0. The summed E-state index contributed by atoms with van der Waals surface area (Å²) in [4.78, 5) is 26.4. The number of nitrogens with zero attached hydrogens (tertiary/aromatic N) is 1. The van der Waals surface area contributed by atoms with Crippen molar-refractivity contribution in [3.63, 3.8) is 0 Å². The first kappa shape index (κ1) is 21.0. The Labute approximate surface area is 174 Å². The molecule has 0 aliphatic heterocycles. The minimum Gasteiger partial charge on any atom is -0.478 e. The lowest BCUT2D eigenvalue weighted by Crippen LogP contribution is -2.28. The number of benzene rings is 2. The lowest BCUT2D eigenvalue weighted by molar-refractivity contribution is -0.132. The molecule has 1 aliphatic rings. The monoisotopic (exact) mass is 414 g/mol. The lowest BCUT2D eigenvalue weighted by atomic mass is 9.79. The van der Waals surface area contributed by atoms with E-state index in [1.165, 1.54) is 6.08 Å². The molecule has 0 radical (unpaired) electrons. The van der Waals surface area contributed by atoms with E-state index in [-0.39, 0.29) is 18.1 Å². The third-order valence-electron chi connectivity index (χ3n) is 4.98. The normalized spacial score (nSPS) is 15.8. The number of carboxylic acids is 1. The van der Waals surface area contributed by atoms with Gasteiger partial charge in [-0.25, -0.2) is 4.79 Å². The van der Waals surface area contributed by atoms with E-state index >= 15 is 0 Å². The van der Waals surface area contributed by atoms with Gasteiger partial charge in [0.2, 0.25) is 0 Å². The fourth-order valence-corrected chi connectivity index (χ4v) is 3.66. The van der Waals surface area contributed by atoms with E-state index in [2.05, 4.69) is 5.32 Å². The molecule has 0 bridgehead atoms. The topological polar surface area (TPSA) is 89.9 Å². The number of carbonyl (C=O) groups is 2. The molecule has 6 nitrogen and oxygen atoms in total. The summed E-state index contributed by atoms with van der Waals surface area (Å²) in [7, 11) is 1.89. The molecular weight excluding hydrogens is 392 g/mol. The Morgan fingerprint density at radius 1 is 1.21 bits per heavy atom. The Kier molecular flexibility index (Phi) is 6.69. The van der Waals surface area contributed by atoms with Crippen molar-refractivity contribution >= 4 is 29.0 Å². The summed E-state index contributed by atoms with van der Waals surface area (Å²) in [5.41, 5.74) is 2.27. The number of aliphatic hydroxyl groups is 1. The highest BCUT2D eigenvalue weighted by Crippen LogP contribution is 2.39. The molecule has 3 N–H and O–H groups in total. The Hall–Kier alpha value is -2.67. The van der Waals surface area contributed by atoms with E-state index in [1.807, 2.05) is 42.3 Å². The summed E-state index contributed by atoms with van der Waals surface area (Å²) >= 11 is 6.47. The zero-order valence-electron chi connectivity index (χ0n) is 16.1. The number of Topliss-reactive ketones (excluding diaryl/α,β-unsaturated/α-hetero) is 1. The Bertz CT molecular complexity index is 943. The summed E-state index contributed by atoms with van der Waals surface area (Å²) in [6, 6.07) is 12.8. The number of hydrogen-bond acceptors (Lipinski definition) is 5. The number of nitrogens with one attached hydrogen (secondary N) is 1. The molecule has 0 fully saturated rings. The number of rotatable bonds is 8. The number of carboxylic acid groups (broad SMARTS) is 1. The van der Waals surface area contributed by atoms with Crippen molar-refractivity contribution in [3.8, 4) is 0 Å². The molecule has 0 amide bonds. The lowest BCUT2D eigenvalue weighted by Gasteiger charge is -2.25. The number of halogens is 1. The quantitative estimate of drug-likeness (QED) is 0.575. The van der Waals surface area contributed by atoms with Crippen LogP contribution in [0.3, 0.4) is 0 Å². The zero-order chi connectivity index (χ0) is 21.0. The Balaban J connectivity index is 1.95. The standard InChI is InChI=1S/C22H23ClN2O4/c1-25(9-10-26)8-7-24-20-13-17-16(12-19(20)23)15(14-5-3-2-4-6-14)11-18(21(17)27)22(28)29/h2-6,11-13,15,24,26H,7-10H2,1H3,(H,28,29). The van der Waals surface area contributed by atoms with E-state index in [0.717, 1.165) is 5.56 Å². The van der Waals surface area contributed by atoms with Crippen LogP contribution in [-0.2, 0) is 4.79 Å². The number of ketones is 1. The van der Waals surface area contributed by atoms with Crippen LogP contribution in [0.2, 0.25) is 5.02 Å².